The number of methoxy groups -OCH3 is 1. The Labute approximate surface area is 171 Å². The van der Waals surface area contributed by atoms with Crippen LogP contribution in [0.3, 0.4) is 0 Å². The van der Waals surface area contributed by atoms with E-state index in [2.05, 4.69) is 5.10 Å². The van der Waals surface area contributed by atoms with E-state index in [1.165, 1.54) is 12.1 Å². The van der Waals surface area contributed by atoms with Crippen LogP contribution in [0.25, 0.3) is 0 Å². The first-order chi connectivity index (χ1) is 14.2. The normalized spacial score (nSPS) is 15.8. The zero-order valence-corrected chi connectivity index (χ0v) is 16.4. The second-order valence-electron chi connectivity index (χ2n) is 6.31. The van der Waals surface area contributed by atoms with Gasteiger partial charge in [-0.2, -0.15) is 5.10 Å². The van der Waals surface area contributed by atoms with Gasteiger partial charge in [0.1, 0.15) is 17.8 Å². The lowest BCUT2D eigenvalue weighted by Gasteiger charge is -2.21. The molecular formula is C21H18N2O5S. The number of hydrogen-bond donors (Lipinski definition) is 0. The summed E-state index contributed by atoms with van der Waals surface area (Å²) in [6.45, 7) is -0.215. The SMILES string of the molecule is COc1cc(C=O)ccc1OCC(=O)N1N=C(c2ccco2)CC1c1cccs1. The third-order valence-electron chi connectivity index (χ3n) is 4.52. The zero-order valence-electron chi connectivity index (χ0n) is 15.6. The fraction of sp³-hybridized carbons (Fsp3) is 0.190. The Morgan fingerprint density at radius 2 is 2.21 bits per heavy atom. The van der Waals surface area contributed by atoms with Crippen molar-refractivity contribution >= 4 is 29.2 Å². The first-order valence-corrected chi connectivity index (χ1v) is 9.80. The fourth-order valence-electron chi connectivity index (χ4n) is 3.12. The fourth-order valence-corrected chi connectivity index (χ4v) is 3.93. The molecule has 0 spiro atoms. The van der Waals surface area contributed by atoms with E-state index in [4.69, 9.17) is 13.9 Å². The van der Waals surface area contributed by atoms with Crippen LogP contribution in [-0.4, -0.2) is 36.6 Å². The Morgan fingerprint density at radius 1 is 1.31 bits per heavy atom. The summed E-state index contributed by atoms with van der Waals surface area (Å²) in [6.07, 6.45) is 2.87. The van der Waals surface area contributed by atoms with Gasteiger partial charge in [-0.25, -0.2) is 5.01 Å². The monoisotopic (exact) mass is 410 g/mol. The molecule has 1 aliphatic heterocycles. The summed E-state index contributed by atoms with van der Waals surface area (Å²) in [7, 11) is 1.48. The van der Waals surface area contributed by atoms with Gasteiger partial charge in [-0.15, -0.1) is 11.3 Å². The van der Waals surface area contributed by atoms with E-state index in [9.17, 15) is 9.59 Å². The van der Waals surface area contributed by atoms with Gasteiger partial charge in [-0.3, -0.25) is 9.59 Å². The van der Waals surface area contributed by atoms with Crippen molar-refractivity contribution in [1.82, 2.24) is 5.01 Å². The van der Waals surface area contributed by atoms with Crippen LogP contribution in [0.1, 0.15) is 33.5 Å². The summed E-state index contributed by atoms with van der Waals surface area (Å²) < 4.78 is 16.4. The third kappa shape index (κ3) is 3.93. The van der Waals surface area contributed by atoms with Gasteiger partial charge in [0.15, 0.2) is 18.1 Å². The van der Waals surface area contributed by atoms with Crippen LogP contribution in [-0.2, 0) is 4.79 Å². The minimum atomic E-state index is -0.286. The number of hydrogen-bond acceptors (Lipinski definition) is 7. The van der Waals surface area contributed by atoms with Crippen LogP contribution in [0, 0.1) is 0 Å². The Balaban J connectivity index is 1.53. The van der Waals surface area contributed by atoms with Crippen LogP contribution in [0.4, 0.5) is 0 Å². The van der Waals surface area contributed by atoms with Crippen molar-refractivity contribution in [3.8, 4) is 11.5 Å². The molecule has 0 N–H and O–H groups in total. The number of carbonyl (C=O) groups is 2. The zero-order chi connectivity index (χ0) is 20.2. The van der Waals surface area contributed by atoms with Crippen molar-refractivity contribution in [3.05, 3.63) is 70.3 Å². The van der Waals surface area contributed by atoms with E-state index < -0.39 is 0 Å². The molecule has 148 valence electrons. The van der Waals surface area contributed by atoms with Gasteiger partial charge in [0.05, 0.1) is 19.4 Å². The maximum Gasteiger partial charge on any atom is 0.281 e. The van der Waals surface area contributed by atoms with Crippen molar-refractivity contribution in [2.75, 3.05) is 13.7 Å². The quantitative estimate of drug-likeness (QED) is 0.552. The van der Waals surface area contributed by atoms with Gasteiger partial charge in [-0.05, 0) is 41.8 Å². The minimum Gasteiger partial charge on any atom is -0.493 e. The molecule has 0 saturated carbocycles. The first kappa shape index (κ1) is 18.9. The Kier molecular flexibility index (Phi) is 5.44. The molecule has 1 atom stereocenters. The highest BCUT2D eigenvalue weighted by Crippen LogP contribution is 2.35. The van der Waals surface area contributed by atoms with Gasteiger partial charge in [0.25, 0.3) is 5.91 Å². The minimum absolute atomic E-state index is 0.203. The second-order valence-corrected chi connectivity index (χ2v) is 7.29. The number of hydrazone groups is 1. The highest BCUT2D eigenvalue weighted by molar-refractivity contribution is 7.10. The van der Waals surface area contributed by atoms with Crippen LogP contribution >= 0.6 is 11.3 Å². The molecular weight excluding hydrogens is 392 g/mol. The third-order valence-corrected chi connectivity index (χ3v) is 5.49. The summed E-state index contributed by atoms with van der Waals surface area (Å²) in [5.74, 6) is 1.13. The molecule has 7 nitrogen and oxygen atoms in total. The Bertz CT molecular complexity index is 1030. The predicted molar refractivity (Wildman–Crippen MR) is 108 cm³/mol. The summed E-state index contributed by atoms with van der Waals surface area (Å²) in [5.41, 5.74) is 1.18. The maximum atomic E-state index is 12.9. The van der Waals surface area contributed by atoms with Crippen molar-refractivity contribution in [2.45, 2.75) is 12.5 Å². The molecule has 2 aromatic heterocycles. The molecule has 0 aliphatic carbocycles. The molecule has 29 heavy (non-hydrogen) atoms. The number of nitrogens with zero attached hydrogens (tertiary/aromatic N) is 2. The highest BCUT2D eigenvalue weighted by Gasteiger charge is 2.34. The van der Waals surface area contributed by atoms with Gasteiger partial charge >= 0.3 is 0 Å². The number of thiophene rings is 1. The Hall–Kier alpha value is -3.39. The van der Waals surface area contributed by atoms with E-state index in [0.717, 1.165) is 16.9 Å². The number of rotatable bonds is 7. The standard InChI is InChI=1S/C21H18N2O5S/c1-26-19-10-14(12-24)6-7-18(19)28-13-21(25)23-16(20-5-3-9-29-20)11-15(22-23)17-4-2-8-27-17/h2-10,12,16H,11,13H2,1H3. The van der Waals surface area contributed by atoms with Crippen LogP contribution < -0.4 is 9.47 Å². The highest BCUT2D eigenvalue weighted by atomic mass is 32.1. The van der Waals surface area contributed by atoms with Crippen LogP contribution in [0.2, 0.25) is 0 Å². The van der Waals surface area contributed by atoms with Crippen LogP contribution in [0.15, 0.2) is 63.6 Å². The van der Waals surface area contributed by atoms with Crippen molar-refractivity contribution in [3.63, 3.8) is 0 Å². The van der Waals surface area contributed by atoms with E-state index >= 15 is 0 Å². The molecule has 1 unspecified atom stereocenters. The molecule has 1 amide bonds. The Morgan fingerprint density at radius 3 is 2.90 bits per heavy atom. The molecule has 0 bridgehead atoms. The summed E-state index contributed by atoms with van der Waals surface area (Å²) >= 11 is 1.57. The molecule has 8 heteroatoms. The maximum absolute atomic E-state index is 12.9. The molecule has 1 aromatic carbocycles. The second kappa shape index (κ2) is 8.32. The van der Waals surface area contributed by atoms with E-state index in [1.54, 1.807) is 41.9 Å². The number of benzene rings is 1. The van der Waals surface area contributed by atoms with Crippen molar-refractivity contribution in [2.24, 2.45) is 5.10 Å². The largest absolute Gasteiger partial charge is 0.493 e. The predicted octanol–water partition coefficient (Wildman–Crippen LogP) is 3.92. The number of amides is 1. The average molecular weight is 410 g/mol. The van der Waals surface area contributed by atoms with E-state index in [-0.39, 0.29) is 18.6 Å². The first-order valence-electron chi connectivity index (χ1n) is 8.92. The smallest absolute Gasteiger partial charge is 0.281 e. The van der Waals surface area contributed by atoms with Crippen molar-refractivity contribution in [1.29, 1.82) is 0 Å². The number of carbonyl (C=O) groups excluding carboxylic acids is 2. The van der Waals surface area contributed by atoms with E-state index in [1.807, 2.05) is 23.6 Å². The number of furan rings is 1. The lowest BCUT2D eigenvalue weighted by molar-refractivity contribution is -0.135. The lowest BCUT2D eigenvalue weighted by atomic mass is 10.1. The lowest BCUT2D eigenvalue weighted by Crippen LogP contribution is -2.31. The number of ether oxygens (including phenoxy) is 2. The summed E-state index contributed by atoms with van der Waals surface area (Å²) in [5, 5.41) is 7.93. The molecule has 1 aliphatic rings. The van der Waals surface area contributed by atoms with Gasteiger partial charge in [-0.1, -0.05) is 6.07 Å². The molecule has 0 saturated heterocycles. The van der Waals surface area contributed by atoms with Gasteiger partial charge in [0, 0.05) is 16.9 Å². The molecule has 0 fully saturated rings. The van der Waals surface area contributed by atoms with Gasteiger partial charge in [0.2, 0.25) is 0 Å². The molecule has 4 rings (SSSR count). The van der Waals surface area contributed by atoms with Gasteiger partial charge < -0.3 is 13.9 Å². The summed E-state index contributed by atoms with van der Waals surface area (Å²) in [6, 6.07) is 12.1. The molecule has 0 radical (unpaired) electrons. The molecule has 3 aromatic rings. The number of aldehydes is 1. The van der Waals surface area contributed by atoms with E-state index in [0.29, 0.717) is 29.2 Å². The van der Waals surface area contributed by atoms with Crippen LogP contribution in [0.5, 0.6) is 11.5 Å². The average Bonchev–Trinajstić information content (AvgIpc) is 3.51. The topological polar surface area (TPSA) is 81.3 Å². The van der Waals surface area contributed by atoms with Crippen molar-refractivity contribution < 1.29 is 23.5 Å². The summed E-state index contributed by atoms with van der Waals surface area (Å²) in [4.78, 5) is 24.9. The molecule has 3 heterocycles.